The van der Waals surface area contributed by atoms with Gasteiger partial charge in [0.05, 0.1) is 19.8 Å². The molecular weight excluding hydrogens is 570 g/mol. The molecule has 9 heteroatoms. The van der Waals surface area contributed by atoms with Gasteiger partial charge in [-0.25, -0.2) is 9.59 Å². The van der Waals surface area contributed by atoms with Crippen LogP contribution in [0.1, 0.15) is 90.2 Å². The number of hydrogen-bond acceptors (Lipinski definition) is 6. The van der Waals surface area contributed by atoms with Crippen molar-refractivity contribution < 1.29 is 29.0 Å². The smallest absolute Gasteiger partial charge is 0.410 e. The van der Waals surface area contributed by atoms with E-state index in [-0.39, 0.29) is 24.6 Å². The summed E-state index contributed by atoms with van der Waals surface area (Å²) in [5.74, 6) is 0.0236. The lowest BCUT2D eigenvalue weighted by Gasteiger charge is -2.33. The summed E-state index contributed by atoms with van der Waals surface area (Å²) in [5, 5.41) is 16.4. The van der Waals surface area contributed by atoms with Gasteiger partial charge < -0.3 is 30.1 Å². The number of carbonyl (C=O) groups excluding carboxylic acids is 3. The first-order chi connectivity index (χ1) is 21.4. The predicted molar refractivity (Wildman–Crippen MR) is 176 cm³/mol. The van der Waals surface area contributed by atoms with Gasteiger partial charge in [0.1, 0.15) is 11.6 Å². The highest BCUT2D eigenvalue weighted by Gasteiger charge is 2.38. The topological polar surface area (TPSA) is 117 Å². The highest BCUT2D eigenvalue weighted by atomic mass is 16.6. The molecule has 9 nitrogen and oxygen atoms in total. The average molecular weight is 624 g/mol. The van der Waals surface area contributed by atoms with E-state index in [1.807, 2.05) is 81.4 Å². The molecule has 3 N–H and O–H groups in total. The summed E-state index contributed by atoms with van der Waals surface area (Å²) >= 11 is 0. The lowest BCUT2D eigenvalue weighted by Crippen LogP contribution is -2.53. The number of rotatable bonds is 16. The number of aliphatic hydroxyl groups is 1. The van der Waals surface area contributed by atoms with E-state index in [1.165, 1.54) is 7.11 Å². The summed E-state index contributed by atoms with van der Waals surface area (Å²) in [6.45, 7) is 10.1. The van der Waals surface area contributed by atoms with E-state index in [2.05, 4.69) is 24.5 Å². The third-order valence-electron chi connectivity index (χ3n) is 8.19. The molecule has 45 heavy (non-hydrogen) atoms. The zero-order chi connectivity index (χ0) is 33.0. The Bertz CT molecular complexity index is 1160. The Kier molecular flexibility index (Phi) is 13.7. The van der Waals surface area contributed by atoms with Gasteiger partial charge in [0.15, 0.2) is 0 Å². The Labute approximate surface area is 269 Å². The molecule has 1 aliphatic carbocycles. The maximum absolute atomic E-state index is 14.1. The molecule has 0 saturated heterocycles. The van der Waals surface area contributed by atoms with Crippen LogP contribution in [0.4, 0.5) is 9.59 Å². The minimum absolute atomic E-state index is 0.100. The molecule has 1 saturated carbocycles. The Morgan fingerprint density at radius 3 is 1.96 bits per heavy atom. The number of benzene rings is 2. The van der Waals surface area contributed by atoms with E-state index in [0.717, 1.165) is 30.4 Å². The largest absolute Gasteiger partial charge is 0.453 e. The second-order valence-electron chi connectivity index (χ2n) is 13.5. The standard InChI is InChI=1S/C36H53N3O6/c1-25(2)22-23-39(35(43)45-36(3,4)5)29(24-40)18-13-19-30(26-20-21-26)37-33(41)32(38-34(42)44-6)31(27-14-9-7-10-15-27)28-16-11-8-12-17-28/h7-12,14-17,25-26,29-32,40H,13,18-24H2,1-6H3,(H,37,41)(H,38,42)/t29-,30?,32-/m0/s1. The number of alkyl carbamates (subject to hydrolysis) is 1. The number of hydrogen-bond donors (Lipinski definition) is 3. The van der Waals surface area contributed by atoms with Crippen molar-refractivity contribution in [2.45, 2.75) is 103 Å². The van der Waals surface area contributed by atoms with Crippen LogP contribution in [0.25, 0.3) is 0 Å². The fraction of sp³-hybridized carbons (Fsp3) is 0.583. The van der Waals surface area contributed by atoms with Crippen LogP contribution in [0, 0.1) is 11.8 Å². The number of ether oxygens (including phenoxy) is 2. The minimum Gasteiger partial charge on any atom is -0.453 e. The average Bonchev–Trinajstić information content (AvgIpc) is 3.85. The number of methoxy groups -OCH3 is 1. The SMILES string of the molecule is COC(=O)N[C@H](C(=O)NC(CCC[C@@H](CO)N(CCC(C)C)C(=O)OC(C)(C)C)C1CC1)C(c1ccccc1)c1ccccc1. The molecule has 2 aromatic rings. The summed E-state index contributed by atoms with van der Waals surface area (Å²) < 4.78 is 10.6. The third-order valence-corrected chi connectivity index (χ3v) is 8.19. The molecule has 3 atom stereocenters. The fourth-order valence-electron chi connectivity index (χ4n) is 5.64. The Balaban J connectivity index is 1.77. The molecule has 1 unspecified atom stereocenters. The van der Waals surface area contributed by atoms with Gasteiger partial charge in [0.2, 0.25) is 5.91 Å². The van der Waals surface area contributed by atoms with Gasteiger partial charge >= 0.3 is 12.2 Å². The van der Waals surface area contributed by atoms with Gasteiger partial charge in [-0.2, -0.15) is 0 Å². The summed E-state index contributed by atoms with van der Waals surface area (Å²) in [4.78, 5) is 41.4. The highest BCUT2D eigenvalue weighted by Crippen LogP contribution is 2.36. The number of aliphatic hydroxyl groups excluding tert-OH is 1. The van der Waals surface area contributed by atoms with Crippen molar-refractivity contribution >= 4 is 18.1 Å². The van der Waals surface area contributed by atoms with E-state index in [1.54, 1.807) is 4.90 Å². The monoisotopic (exact) mass is 623 g/mol. The van der Waals surface area contributed by atoms with Crippen molar-refractivity contribution in [2.75, 3.05) is 20.3 Å². The van der Waals surface area contributed by atoms with Crippen LogP contribution in [-0.4, -0.2) is 72.1 Å². The van der Waals surface area contributed by atoms with Crippen molar-refractivity contribution in [1.29, 1.82) is 0 Å². The van der Waals surface area contributed by atoms with Crippen LogP contribution < -0.4 is 10.6 Å². The van der Waals surface area contributed by atoms with Gasteiger partial charge in [-0.15, -0.1) is 0 Å². The number of amides is 3. The van der Waals surface area contributed by atoms with Crippen LogP contribution in [-0.2, 0) is 14.3 Å². The molecule has 1 fully saturated rings. The van der Waals surface area contributed by atoms with Gasteiger partial charge in [0, 0.05) is 18.5 Å². The van der Waals surface area contributed by atoms with Gasteiger partial charge in [-0.3, -0.25) is 4.79 Å². The summed E-state index contributed by atoms with van der Waals surface area (Å²) in [7, 11) is 1.29. The molecule has 0 heterocycles. The first kappa shape index (κ1) is 35.9. The molecule has 0 radical (unpaired) electrons. The summed E-state index contributed by atoms with van der Waals surface area (Å²) in [6.07, 6.45) is 3.70. The van der Waals surface area contributed by atoms with E-state index >= 15 is 0 Å². The van der Waals surface area contributed by atoms with Crippen molar-refractivity contribution in [2.24, 2.45) is 11.8 Å². The first-order valence-electron chi connectivity index (χ1n) is 16.3. The summed E-state index contributed by atoms with van der Waals surface area (Å²) in [6, 6.07) is 18.0. The molecular formula is C36H53N3O6. The highest BCUT2D eigenvalue weighted by molar-refractivity contribution is 5.87. The van der Waals surface area contributed by atoms with Crippen molar-refractivity contribution in [3.63, 3.8) is 0 Å². The molecule has 2 aromatic carbocycles. The van der Waals surface area contributed by atoms with Crippen LogP contribution >= 0.6 is 0 Å². The molecule has 0 aliphatic heterocycles. The number of nitrogens with one attached hydrogen (secondary N) is 2. The molecule has 248 valence electrons. The summed E-state index contributed by atoms with van der Waals surface area (Å²) in [5.41, 5.74) is 1.16. The Morgan fingerprint density at radius 2 is 1.49 bits per heavy atom. The Morgan fingerprint density at radius 1 is 0.911 bits per heavy atom. The van der Waals surface area contributed by atoms with E-state index < -0.39 is 29.7 Å². The lowest BCUT2D eigenvalue weighted by molar-refractivity contribution is -0.124. The number of nitrogens with zero attached hydrogens (tertiary/aromatic N) is 1. The van der Waals surface area contributed by atoms with Crippen LogP contribution in [0.15, 0.2) is 60.7 Å². The van der Waals surface area contributed by atoms with Crippen LogP contribution in [0.5, 0.6) is 0 Å². The van der Waals surface area contributed by atoms with Crippen molar-refractivity contribution in [1.82, 2.24) is 15.5 Å². The minimum atomic E-state index is -0.910. The van der Waals surface area contributed by atoms with Gasteiger partial charge in [-0.05, 0) is 82.3 Å². The molecule has 1 aliphatic rings. The number of carbonyl (C=O) groups is 3. The maximum Gasteiger partial charge on any atom is 0.410 e. The third kappa shape index (κ3) is 11.7. The Hall–Kier alpha value is -3.59. The zero-order valence-electron chi connectivity index (χ0n) is 27.8. The lowest BCUT2D eigenvalue weighted by atomic mass is 9.84. The molecule has 0 aromatic heterocycles. The van der Waals surface area contributed by atoms with E-state index in [4.69, 9.17) is 9.47 Å². The van der Waals surface area contributed by atoms with Gasteiger partial charge in [-0.1, -0.05) is 74.5 Å². The van der Waals surface area contributed by atoms with Gasteiger partial charge in [0.25, 0.3) is 0 Å². The molecule has 0 bridgehead atoms. The zero-order valence-corrected chi connectivity index (χ0v) is 27.8. The van der Waals surface area contributed by atoms with E-state index in [9.17, 15) is 19.5 Å². The van der Waals surface area contributed by atoms with E-state index in [0.29, 0.717) is 37.6 Å². The second-order valence-corrected chi connectivity index (χ2v) is 13.5. The molecule has 3 rings (SSSR count). The normalized spacial score (nSPS) is 15.2. The van der Waals surface area contributed by atoms with Crippen molar-refractivity contribution in [3.05, 3.63) is 71.8 Å². The maximum atomic E-state index is 14.1. The van der Waals surface area contributed by atoms with Crippen LogP contribution in [0.3, 0.4) is 0 Å². The predicted octanol–water partition coefficient (Wildman–Crippen LogP) is 6.25. The van der Waals surface area contributed by atoms with Crippen LogP contribution in [0.2, 0.25) is 0 Å². The van der Waals surface area contributed by atoms with Crippen molar-refractivity contribution in [3.8, 4) is 0 Å². The molecule has 3 amide bonds. The fourth-order valence-corrected chi connectivity index (χ4v) is 5.64. The first-order valence-corrected chi connectivity index (χ1v) is 16.3. The second kappa shape index (κ2) is 17.2. The quantitative estimate of drug-likeness (QED) is 0.204. The molecule has 0 spiro atoms.